The van der Waals surface area contributed by atoms with Crippen LogP contribution >= 0.6 is 0 Å². The van der Waals surface area contributed by atoms with Gasteiger partial charge in [-0.25, -0.2) is 14.1 Å². The van der Waals surface area contributed by atoms with Crippen molar-refractivity contribution >= 4 is 5.78 Å². The minimum Gasteiger partial charge on any atom is -0.291 e. The van der Waals surface area contributed by atoms with Crippen LogP contribution in [-0.4, -0.2) is 20.5 Å². The normalized spacial score (nSPS) is 10.6. The molecule has 5 heteroatoms. The molecule has 18 heavy (non-hydrogen) atoms. The van der Waals surface area contributed by atoms with Gasteiger partial charge in [-0.15, -0.1) is 5.10 Å². The van der Waals surface area contributed by atoms with Crippen LogP contribution in [0.5, 0.6) is 0 Å². The molecule has 2 rings (SSSR count). The molecule has 94 valence electrons. The Bertz CT molecular complexity index is 533. The van der Waals surface area contributed by atoms with Crippen LogP contribution in [0.25, 0.3) is 0 Å². The molecule has 0 unspecified atom stereocenters. The summed E-state index contributed by atoms with van der Waals surface area (Å²) < 4.78 is 14.3. The van der Waals surface area contributed by atoms with Crippen LogP contribution in [-0.2, 0) is 6.54 Å². The largest absolute Gasteiger partial charge is 0.291 e. The Labute approximate surface area is 104 Å². The zero-order chi connectivity index (χ0) is 13.0. The predicted molar refractivity (Wildman–Crippen MR) is 64.8 cm³/mol. The lowest BCUT2D eigenvalue weighted by Gasteiger charge is -2.00. The van der Waals surface area contributed by atoms with Gasteiger partial charge in [0.25, 0.3) is 0 Å². The minimum absolute atomic E-state index is 0.0460. The molecule has 0 fully saturated rings. The smallest absolute Gasteiger partial charge is 0.217 e. The molecule has 1 heterocycles. The number of nitrogens with zero attached hydrogens (tertiary/aromatic N) is 3. The summed E-state index contributed by atoms with van der Waals surface area (Å²) in [6.45, 7) is 2.42. The van der Waals surface area contributed by atoms with Gasteiger partial charge in [0.1, 0.15) is 12.1 Å². The Balaban J connectivity index is 2.06. The first-order chi connectivity index (χ1) is 8.69. The first kappa shape index (κ1) is 12.4. The topological polar surface area (TPSA) is 47.8 Å². The molecule has 0 radical (unpaired) electrons. The van der Waals surface area contributed by atoms with Gasteiger partial charge in [-0.05, 0) is 24.1 Å². The van der Waals surface area contributed by atoms with Gasteiger partial charge >= 0.3 is 0 Å². The van der Waals surface area contributed by atoms with Crippen molar-refractivity contribution in [2.75, 3.05) is 0 Å². The Hall–Kier alpha value is -2.04. The molecule has 0 aliphatic rings. The van der Waals surface area contributed by atoms with Crippen LogP contribution in [0.1, 0.15) is 35.9 Å². The zero-order valence-corrected chi connectivity index (χ0v) is 10.1. The number of carbonyl (C=O) groups excluding carboxylic acids is 1. The van der Waals surface area contributed by atoms with E-state index in [1.165, 1.54) is 18.5 Å². The number of rotatable bonds is 5. The summed E-state index contributed by atoms with van der Waals surface area (Å²) in [5.41, 5.74) is 0.913. The van der Waals surface area contributed by atoms with Crippen LogP contribution in [0, 0.1) is 5.82 Å². The highest BCUT2D eigenvalue weighted by atomic mass is 19.1. The lowest BCUT2D eigenvalue weighted by atomic mass is 10.2. The van der Waals surface area contributed by atoms with Crippen molar-refractivity contribution in [3.8, 4) is 0 Å². The van der Waals surface area contributed by atoms with Crippen LogP contribution in [0.4, 0.5) is 4.39 Å². The number of Topliss-reactive ketones (excluding diaryl/α,β-unsaturated/α-hetero) is 1. The fourth-order valence-electron chi connectivity index (χ4n) is 1.61. The van der Waals surface area contributed by atoms with E-state index in [0.717, 1.165) is 12.0 Å². The van der Waals surface area contributed by atoms with Crippen molar-refractivity contribution in [3.05, 3.63) is 47.8 Å². The molecule has 0 saturated heterocycles. The SMILES string of the molecule is CCCC(=O)c1ncn(Cc2ccc(F)cc2)n1. The summed E-state index contributed by atoms with van der Waals surface area (Å²) >= 11 is 0. The van der Waals surface area contributed by atoms with Crippen molar-refractivity contribution in [3.63, 3.8) is 0 Å². The lowest BCUT2D eigenvalue weighted by molar-refractivity contribution is 0.0971. The molecule has 1 aromatic carbocycles. The highest BCUT2D eigenvalue weighted by Gasteiger charge is 2.10. The highest BCUT2D eigenvalue weighted by Crippen LogP contribution is 2.05. The number of halogens is 1. The fourth-order valence-corrected chi connectivity index (χ4v) is 1.61. The summed E-state index contributed by atoms with van der Waals surface area (Å²) in [7, 11) is 0. The molecule has 0 spiro atoms. The van der Waals surface area contributed by atoms with Gasteiger partial charge in [0, 0.05) is 6.42 Å². The highest BCUT2D eigenvalue weighted by molar-refractivity contribution is 5.92. The Morgan fingerprint density at radius 2 is 2.06 bits per heavy atom. The zero-order valence-electron chi connectivity index (χ0n) is 10.1. The molecule has 0 bridgehead atoms. The molecule has 0 aliphatic carbocycles. The Kier molecular flexibility index (Phi) is 3.82. The molecular formula is C13H14FN3O. The third-order valence-corrected chi connectivity index (χ3v) is 2.52. The second kappa shape index (κ2) is 5.53. The Morgan fingerprint density at radius 1 is 1.33 bits per heavy atom. The van der Waals surface area contributed by atoms with Gasteiger partial charge in [-0.1, -0.05) is 19.1 Å². The number of aromatic nitrogens is 3. The standard InChI is InChI=1S/C13H14FN3O/c1-2-3-12(18)13-15-9-17(16-13)8-10-4-6-11(14)7-5-10/h4-7,9H,2-3,8H2,1H3. The number of ketones is 1. The van der Waals surface area contributed by atoms with Gasteiger partial charge in [0.15, 0.2) is 0 Å². The van der Waals surface area contributed by atoms with Gasteiger partial charge in [0.05, 0.1) is 6.54 Å². The molecule has 0 N–H and O–H groups in total. The van der Waals surface area contributed by atoms with Crippen LogP contribution in [0.3, 0.4) is 0 Å². The molecule has 0 aliphatic heterocycles. The van der Waals surface area contributed by atoms with E-state index in [1.54, 1.807) is 16.8 Å². The molecule has 0 amide bonds. The van der Waals surface area contributed by atoms with Crippen molar-refractivity contribution in [2.24, 2.45) is 0 Å². The van der Waals surface area contributed by atoms with E-state index in [-0.39, 0.29) is 17.4 Å². The van der Waals surface area contributed by atoms with Crippen LogP contribution < -0.4 is 0 Å². The third kappa shape index (κ3) is 3.00. The first-order valence-corrected chi connectivity index (χ1v) is 5.86. The summed E-state index contributed by atoms with van der Waals surface area (Å²) in [5, 5.41) is 4.11. The maximum Gasteiger partial charge on any atom is 0.217 e. The van der Waals surface area contributed by atoms with E-state index >= 15 is 0 Å². The van der Waals surface area contributed by atoms with E-state index in [2.05, 4.69) is 10.1 Å². The maximum absolute atomic E-state index is 12.7. The fraction of sp³-hybridized carbons (Fsp3) is 0.308. The van der Waals surface area contributed by atoms with E-state index < -0.39 is 0 Å². The molecule has 1 aromatic heterocycles. The summed E-state index contributed by atoms with van der Waals surface area (Å²) in [6, 6.07) is 6.17. The van der Waals surface area contributed by atoms with Gasteiger partial charge in [0.2, 0.25) is 11.6 Å². The summed E-state index contributed by atoms with van der Waals surface area (Å²) in [5.74, 6) is -0.0644. The average Bonchev–Trinajstić information content (AvgIpc) is 2.81. The summed E-state index contributed by atoms with van der Waals surface area (Å²) in [6.07, 6.45) is 2.76. The maximum atomic E-state index is 12.7. The monoisotopic (exact) mass is 247 g/mol. The second-order valence-corrected chi connectivity index (χ2v) is 4.07. The van der Waals surface area contributed by atoms with E-state index in [1.807, 2.05) is 6.92 Å². The quantitative estimate of drug-likeness (QED) is 0.762. The van der Waals surface area contributed by atoms with Crippen molar-refractivity contribution in [2.45, 2.75) is 26.3 Å². The second-order valence-electron chi connectivity index (χ2n) is 4.07. The molecule has 0 atom stereocenters. The predicted octanol–water partition coefficient (Wildman–Crippen LogP) is 2.45. The number of hydrogen-bond donors (Lipinski definition) is 0. The summed E-state index contributed by atoms with van der Waals surface area (Å²) in [4.78, 5) is 15.5. The molecule has 0 saturated carbocycles. The van der Waals surface area contributed by atoms with Crippen LogP contribution in [0.15, 0.2) is 30.6 Å². The van der Waals surface area contributed by atoms with Crippen molar-refractivity contribution in [1.29, 1.82) is 0 Å². The molecule has 2 aromatic rings. The Morgan fingerprint density at radius 3 is 2.72 bits per heavy atom. The minimum atomic E-state index is -0.267. The number of hydrogen-bond acceptors (Lipinski definition) is 3. The van der Waals surface area contributed by atoms with E-state index in [9.17, 15) is 9.18 Å². The molecule has 4 nitrogen and oxygen atoms in total. The van der Waals surface area contributed by atoms with E-state index in [4.69, 9.17) is 0 Å². The van der Waals surface area contributed by atoms with Crippen molar-refractivity contribution < 1.29 is 9.18 Å². The van der Waals surface area contributed by atoms with Gasteiger partial charge in [-0.3, -0.25) is 4.79 Å². The number of benzene rings is 1. The average molecular weight is 247 g/mol. The molecular weight excluding hydrogens is 233 g/mol. The van der Waals surface area contributed by atoms with Crippen LogP contribution in [0.2, 0.25) is 0 Å². The van der Waals surface area contributed by atoms with Crippen molar-refractivity contribution in [1.82, 2.24) is 14.8 Å². The number of carbonyl (C=O) groups is 1. The van der Waals surface area contributed by atoms with Gasteiger partial charge < -0.3 is 0 Å². The van der Waals surface area contributed by atoms with Gasteiger partial charge in [-0.2, -0.15) is 0 Å². The lowest BCUT2D eigenvalue weighted by Crippen LogP contribution is -2.05. The van der Waals surface area contributed by atoms with E-state index in [0.29, 0.717) is 13.0 Å². The third-order valence-electron chi connectivity index (χ3n) is 2.52. The first-order valence-electron chi connectivity index (χ1n) is 5.86.